The predicted octanol–water partition coefficient (Wildman–Crippen LogP) is 4.06. The smallest absolute Gasteiger partial charge is 0.165 e. The zero-order chi connectivity index (χ0) is 13.8. The third kappa shape index (κ3) is 3.91. The van der Waals surface area contributed by atoms with E-state index in [1.807, 2.05) is 24.3 Å². The number of benzene rings is 2. The normalized spacial score (nSPS) is 12.2. The molecule has 0 saturated carbocycles. The quantitative estimate of drug-likeness (QED) is 0.821. The first-order chi connectivity index (χ1) is 9.06. The first-order valence-electron chi connectivity index (χ1n) is 5.91. The number of hydrogen-bond donors (Lipinski definition) is 1. The zero-order valence-electron chi connectivity index (χ0n) is 10.4. The lowest BCUT2D eigenvalue weighted by molar-refractivity contribution is 0.198. The fourth-order valence-corrected chi connectivity index (χ4v) is 2.00. The summed E-state index contributed by atoms with van der Waals surface area (Å²) in [7, 11) is 0. The molecule has 0 aliphatic carbocycles. The van der Waals surface area contributed by atoms with Gasteiger partial charge in [-0.3, -0.25) is 0 Å². The molecule has 0 heterocycles. The Kier molecular flexibility index (Phi) is 4.76. The molecule has 1 atom stereocenters. The summed E-state index contributed by atoms with van der Waals surface area (Å²) in [5, 5.41) is 9.36. The Morgan fingerprint density at radius 3 is 2.47 bits per heavy atom. The molecule has 0 unspecified atom stereocenters. The van der Waals surface area contributed by atoms with Gasteiger partial charge in [0.05, 0.1) is 6.10 Å². The Bertz CT molecular complexity index is 553. The van der Waals surface area contributed by atoms with Crippen molar-refractivity contribution in [1.29, 1.82) is 0 Å². The number of ether oxygens (including phenoxy) is 1. The van der Waals surface area contributed by atoms with Crippen molar-refractivity contribution in [3.63, 3.8) is 0 Å². The minimum Gasteiger partial charge on any atom is -0.486 e. The maximum atomic E-state index is 13.7. The van der Waals surface area contributed by atoms with Gasteiger partial charge < -0.3 is 9.84 Å². The van der Waals surface area contributed by atoms with Gasteiger partial charge in [0.2, 0.25) is 0 Å². The fraction of sp³-hybridized carbons (Fsp3) is 0.200. The summed E-state index contributed by atoms with van der Waals surface area (Å²) >= 11 is 2.23. The van der Waals surface area contributed by atoms with Crippen LogP contribution in [-0.4, -0.2) is 5.11 Å². The number of hydrogen-bond acceptors (Lipinski definition) is 2. The molecular weight excluding hydrogens is 358 g/mol. The standard InChI is InChI=1S/C15H14FIO2/c1-10(18)12-4-7-15(14(16)8-12)19-9-11-2-5-13(17)6-3-11/h2-8,10,18H,9H2,1H3/t10-/m1/s1. The van der Waals surface area contributed by atoms with Gasteiger partial charge in [0.15, 0.2) is 11.6 Å². The third-order valence-electron chi connectivity index (χ3n) is 2.75. The zero-order valence-corrected chi connectivity index (χ0v) is 12.6. The molecule has 2 rings (SSSR count). The van der Waals surface area contributed by atoms with Crippen LogP contribution in [0.25, 0.3) is 0 Å². The molecule has 0 saturated heterocycles. The molecule has 2 aromatic rings. The van der Waals surface area contributed by atoms with Crippen molar-refractivity contribution in [3.05, 3.63) is 63.0 Å². The molecule has 0 amide bonds. The minimum absolute atomic E-state index is 0.197. The van der Waals surface area contributed by atoms with Crippen LogP contribution in [0.15, 0.2) is 42.5 Å². The van der Waals surface area contributed by atoms with Gasteiger partial charge in [-0.05, 0) is 64.9 Å². The van der Waals surface area contributed by atoms with E-state index in [-0.39, 0.29) is 5.75 Å². The van der Waals surface area contributed by atoms with Crippen molar-refractivity contribution < 1.29 is 14.2 Å². The Labute approximate surface area is 125 Å². The van der Waals surface area contributed by atoms with Crippen LogP contribution in [0.5, 0.6) is 5.75 Å². The van der Waals surface area contributed by atoms with Crippen LogP contribution in [-0.2, 0) is 6.61 Å². The molecule has 4 heteroatoms. The molecule has 2 aromatic carbocycles. The van der Waals surface area contributed by atoms with Gasteiger partial charge in [-0.1, -0.05) is 18.2 Å². The van der Waals surface area contributed by atoms with Crippen molar-refractivity contribution >= 4 is 22.6 Å². The summed E-state index contributed by atoms with van der Waals surface area (Å²) in [4.78, 5) is 0. The van der Waals surface area contributed by atoms with Gasteiger partial charge in [-0.2, -0.15) is 0 Å². The average Bonchev–Trinajstić information content (AvgIpc) is 2.39. The molecule has 2 nitrogen and oxygen atoms in total. The molecule has 0 aromatic heterocycles. The monoisotopic (exact) mass is 372 g/mol. The lowest BCUT2D eigenvalue weighted by Crippen LogP contribution is -1.99. The van der Waals surface area contributed by atoms with E-state index in [0.29, 0.717) is 12.2 Å². The molecule has 0 aliphatic rings. The van der Waals surface area contributed by atoms with Crippen LogP contribution in [0, 0.1) is 9.39 Å². The average molecular weight is 372 g/mol. The maximum absolute atomic E-state index is 13.7. The molecule has 0 bridgehead atoms. The van der Waals surface area contributed by atoms with E-state index in [4.69, 9.17) is 4.74 Å². The highest BCUT2D eigenvalue weighted by Gasteiger charge is 2.08. The Hall–Kier alpha value is -1.14. The molecule has 0 aliphatic heterocycles. The van der Waals surface area contributed by atoms with Gasteiger partial charge in [-0.15, -0.1) is 0 Å². The summed E-state index contributed by atoms with van der Waals surface area (Å²) in [5.41, 5.74) is 1.53. The van der Waals surface area contributed by atoms with E-state index in [1.165, 1.54) is 6.07 Å². The Morgan fingerprint density at radius 1 is 1.21 bits per heavy atom. The molecule has 0 spiro atoms. The van der Waals surface area contributed by atoms with Gasteiger partial charge in [-0.25, -0.2) is 4.39 Å². The predicted molar refractivity (Wildman–Crippen MR) is 80.5 cm³/mol. The topological polar surface area (TPSA) is 29.5 Å². The Balaban J connectivity index is 2.05. The van der Waals surface area contributed by atoms with Crippen molar-refractivity contribution in [2.24, 2.45) is 0 Å². The second kappa shape index (κ2) is 6.34. The molecule has 0 radical (unpaired) electrons. The van der Waals surface area contributed by atoms with Crippen molar-refractivity contribution in [2.45, 2.75) is 19.6 Å². The maximum Gasteiger partial charge on any atom is 0.165 e. The SMILES string of the molecule is C[C@@H](O)c1ccc(OCc2ccc(I)cc2)c(F)c1. The van der Waals surface area contributed by atoms with Crippen LogP contribution in [0.3, 0.4) is 0 Å². The van der Waals surface area contributed by atoms with E-state index in [0.717, 1.165) is 9.13 Å². The minimum atomic E-state index is -0.681. The fourth-order valence-electron chi connectivity index (χ4n) is 1.64. The summed E-state index contributed by atoms with van der Waals surface area (Å²) in [6.45, 7) is 1.92. The van der Waals surface area contributed by atoms with Gasteiger partial charge in [0, 0.05) is 3.57 Å². The second-order valence-electron chi connectivity index (χ2n) is 4.28. The number of rotatable bonds is 4. The van der Waals surface area contributed by atoms with E-state index >= 15 is 0 Å². The first kappa shape index (κ1) is 14.3. The third-order valence-corrected chi connectivity index (χ3v) is 3.47. The van der Waals surface area contributed by atoms with E-state index in [2.05, 4.69) is 22.6 Å². The molecule has 19 heavy (non-hydrogen) atoms. The summed E-state index contributed by atoms with van der Waals surface area (Å²) in [5.74, 6) is -0.258. The van der Waals surface area contributed by atoms with Crippen molar-refractivity contribution in [2.75, 3.05) is 0 Å². The van der Waals surface area contributed by atoms with Crippen LogP contribution >= 0.6 is 22.6 Å². The van der Waals surface area contributed by atoms with E-state index < -0.39 is 11.9 Å². The number of halogens is 2. The highest BCUT2D eigenvalue weighted by atomic mass is 127. The lowest BCUT2D eigenvalue weighted by Gasteiger charge is -2.10. The highest BCUT2D eigenvalue weighted by Crippen LogP contribution is 2.22. The molecule has 100 valence electrons. The van der Waals surface area contributed by atoms with Gasteiger partial charge in [0.1, 0.15) is 6.61 Å². The number of aliphatic hydroxyl groups excluding tert-OH is 1. The summed E-state index contributed by atoms with van der Waals surface area (Å²) in [6.07, 6.45) is -0.681. The van der Waals surface area contributed by atoms with Gasteiger partial charge >= 0.3 is 0 Å². The van der Waals surface area contributed by atoms with Crippen LogP contribution < -0.4 is 4.74 Å². The molecular formula is C15H14FIO2. The van der Waals surface area contributed by atoms with E-state index in [1.54, 1.807) is 19.1 Å². The highest BCUT2D eigenvalue weighted by molar-refractivity contribution is 14.1. The van der Waals surface area contributed by atoms with Crippen molar-refractivity contribution in [3.8, 4) is 5.75 Å². The van der Waals surface area contributed by atoms with Crippen LogP contribution in [0.2, 0.25) is 0 Å². The molecule has 1 N–H and O–H groups in total. The molecule has 0 fully saturated rings. The lowest BCUT2D eigenvalue weighted by atomic mass is 10.1. The van der Waals surface area contributed by atoms with Crippen LogP contribution in [0.4, 0.5) is 4.39 Å². The largest absolute Gasteiger partial charge is 0.486 e. The Morgan fingerprint density at radius 2 is 1.89 bits per heavy atom. The summed E-state index contributed by atoms with van der Waals surface area (Å²) in [6, 6.07) is 12.4. The number of aliphatic hydroxyl groups is 1. The van der Waals surface area contributed by atoms with Gasteiger partial charge in [0.25, 0.3) is 0 Å². The first-order valence-corrected chi connectivity index (χ1v) is 6.99. The van der Waals surface area contributed by atoms with Crippen molar-refractivity contribution in [1.82, 2.24) is 0 Å². The second-order valence-corrected chi connectivity index (χ2v) is 5.53. The summed E-state index contributed by atoms with van der Waals surface area (Å²) < 4.78 is 20.3. The van der Waals surface area contributed by atoms with Crippen LogP contribution in [0.1, 0.15) is 24.2 Å². The van der Waals surface area contributed by atoms with E-state index in [9.17, 15) is 9.50 Å².